The number of furan rings is 1. The van der Waals surface area contributed by atoms with Crippen molar-refractivity contribution in [1.29, 1.82) is 0 Å². The summed E-state index contributed by atoms with van der Waals surface area (Å²) in [5, 5.41) is 18.5. The third-order valence-corrected chi connectivity index (χ3v) is 9.18. The van der Waals surface area contributed by atoms with Crippen LogP contribution < -0.4 is 0 Å². The fourth-order valence-electron chi connectivity index (χ4n) is 7.15. The molecule has 9 rings (SSSR count). The van der Waals surface area contributed by atoms with Gasteiger partial charge in [-0.2, -0.15) is 0 Å². The number of hydrogen-bond acceptors (Lipinski definition) is 2. The van der Waals surface area contributed by atoms with E-state index in [9.17, 15) is 5.11 Å². The Hall–Kier alpha value is -6.12. The Labute approximate surface area is 266 Å². The second kappa shape index (κ2) is 10.5. The largest absolute Gasteiger partial charge is 0.507 e. The minimum absolute atomic E-state index is 0.283. The lowest BCUT2D eigenvalue weighted by molar-refractivity contribution is 0.479. The van der Waals surface area contributed by atoms with E-state index in [4.69, 9.17) is 4.42 Å². The fraction of sp³-hybridized carbons (Fsp3) is 0. The zero-order valence-corrected chi connectivity index (χ0v) is 24.9. The van der Waals surface area contributed by atoms with Gasteiger partial charge in [-0.1, -0.05) is 146 Å². The summed E-state index contributed by atoms with van der Waals surface area (Å²) >= 11 is 0. The Morgan fingerprint density at radius 1 is 0.348 bits per heavy atom. The van der Waals surface area contributed by atoms with Crippen LogP contribution in [0.5, 0.6) is 5.75 Å². The molecule has 2 heteroatoms. The molecule has 0 fully saturated rings. The number of phenolic OH excluding ortho intramolecular Hbond substituents is 1. The summed E-state index contributed by atoms with van der Waals surface area (Å²) in [7, 11) is 0. The summed E-state index contributed by atoms with van der Waals surface area (Å²) in [4.78, 5) is 0. The SMILES string of the molecule is Oc1c(-c2ccccc2)cccc1-c1c2ccccc2c(-c2cc(-c3ccccc3)cc3oc4ccccc4c23)c2ccccc12. The molecular weight excluding hydrogens is 560 g/mol. The zero-order valence-electron chi connectivity index (χ0n) is 24.9. The Balaban J connectivity index is 1.43. The van der Waals surface area contributed by atoms with Gasteiger partial charge >= 0.3 is 0 Å². The van der Waals surface area contributed by atoms with Crippen molar-refractivity contribution in [2.45, 2.75) is 0 Å². The van der Waals surface area contributed by atoms with Gasteiger partial charge < -0.3 is 9.52 Å². The maximum absolute atomic E-state index is 11.9. The second-order valence-electron chi connectivity index (χ2n) is 11.8. The average Bonchev–Trinajstić information content (AvgIpc) is 3.50. The van der Waals surface area contributed by atoms with Gasteiger partial charge in [0.1, 0.15) is 16.9 Å². The van der Waals surface area contributed by atoms with E-state index in [1.54, 1.807) is 0 Å². The highest BCUT2D eigenvalue weighted by Gasteiger charge is 2.23. The molecular formula is C44H28O2. The standard InChI is InChI=1S/C44H28O2/c45-44-31(29-16-5-2-6-17-29)23-13-24-37(44)41-32-18-7-9-20-34(32)42(35-21-10-8-19-33(35)41)38-26-30(28-14-3-1-4-15-28)27-40-43(38)36-22-11-12-25-39(36)46-40/h1-27,45H. The lowest BCUT2D eigenvalue weighted by atomic mass is 9.83. The molecule has 0 saturated carbocycles. The van der Waals surface area contributed by atoms with E-state index in [2.05, 4.69) is 97.1 Å². The first kappa shape index (κ1) is 26.3. The van der Waals surface area contributed by atoms with Crippen LogP contribution >= 0.6 is 0 Å². The predicted octanol–water partition coefficient (Wildman–Crippen LogP) is 12.3. The maximum Gasteiger partial charge on any atom is 0.136 e. The molecule has 1 N–H and O–H groups in total. The van der Waals surface area contributed by atoms with E-state index >= 15 is 0 Å². The van der Waals surface area contributed by atoms with E-state index < -0.39 is 0 Å². The quantitative estimate of drug-likeness (QED) is 0.208. The first-order valence-corrected chi connectivity index (χ1v) is 15.6. The molecule has 9 aromatic rings. The van der Waals surface area contributed by atoms with Gasteiger partial charge in [-0.25, -0.2) is 0 Å². The first-order chi connectivity index (χ1) is 22.8. The number of benzene rings is 8. The number of phenols is 1. The minimum Gasteiger partial charge on any atom is -0.507 e. The smallest absolute Gasteiger partial charge is 0.136 e. The van der Waals surface area contributed by atoms with Gasteiger partial charge in [0, 0.05) is 27.5 Å². The van der Waals surface area contributed by atoms with Crippen LogP contribution in [0.1, 0.15) is 0 Å². The molecule has 1 heterocycles. The van der Waals surface area contributed by atoms with Gasteiger partial charge in [0.2, 0.25) is 0 Å². The Morgan fingerprint density at radius 3 is 1.48 bits per heavy atom. The molecule has 0 spiro atoms. The summed E-state index contributed by atoms with van der Waals surface area (Å²) in [6.07, 6.45) is 0. The van der Waals surface area contributed by atoms with E-state index in [-0.39, 0.29) is 5.75 Å². The van der Waals surface area contributed by atoms with E-state index in [1.165, 1.54) is 0 Å². The minimum atomic E-state index is 0.283. The summed E-state index contributed by atoms with van der Waals surface area (Å²) in [6.45, 7) is 0. The summed E-state index contributed by atoms with van der Waals surface area (Å²) in [5.74, 6) is 0.283. The predicted molar refractivity (Wildman–Crippen MR) is 192 cm³/mol. The molecule has 0 aliphatic carbocycles. The number of aromatic hydroxyl groups is 1. The van der Waals surface area contributed by atoms with Crippen molar-refractivity contribution in [3.63, 3.8) is 0 Å². The molecule has 0 atom stereocenters. The summed E-state index contributed by atoms with van der Waals surface area (Å²) in [6, 6.07) is 56.6. The van der Waals surface area contributed by atoms with E-state index in [0.717, 1.165) is 88.0 Å². The third-order valence-electron chi connectivity index (χ3n) is 9.18. The van der Waals surface area contributed by atoms with Crippen LogP contribution in [-0.2, 0) is 0 Å². The van der Waals surface area contributed by atoms with Crippen LogP contribution in [0.4, 0.5) is 0 Å². The molecule has 1 aromatic heterocycles. The highest BCUT2D eigenvalue weighted by Crippen LogP contribution is 2.50. The Morgan fingerprint density at radius 2 is 0.848 bits per heavy atom. The van der Waals surface area contributed by atoms with Crippen LogP contribution in [0.2, 0.25) is 0 Å². The van der Waals surface area contributed by atoms with E-state index in [0.29, 0.717) is 0 Å². The van der Waals surface area contributed by atoms with Crippen molar-refractivity contribution in [2.24, 2.45) is 0 Å². The molecule has 0 aliphatic heterocycles. The molecule has 216 valence electrons. The molecule has 8 aromatic carbocycles. The molecule has 0 unspecified atom stereocenters. The van der Waals surface area contributed by atoms with Crippen molar-refractivity contribution < 1.29 is 9.52 Å². The van der Waals surface area contributed by atoms with Gasteiger partial charge in [-0.3, -0.25) is 0 Å². The second-order valence-corrected chi connectivity index (χ2v) is 11.8. The van der Waals surface area contributed by atoms with Crippen molar-refractivity contribution in [3.05, 3.63) is 164 Å². The van der Waals surface area contributed by atoms with Crippen molar-refractivity contribution in [2.75, 3.05) is 0 Å². The highest BCUT2D eigenvalue weighted by atomic mass is 16.3. The van der Waals surface area contributed by atoms with Crippen LogP contribution in [0.3, 0.4) is 0 Å². The van der Waals surface area contributed by atoms with Crippen LogP contribution in [0.25, 0.3) is 88.0 Å². The van der Waals surface area contributed by atoms with Gasteiger partial charge in [0.05, 0.1) is 0 Å². The molecule has 46 heavy (non-hydrogen) atoms. The van der Waals surface area contributed by atoms with Gasteiger partial charge in [0.25, 0.3) is 0 Å². The van der Waals surface area contributed by atoms with Gasteiger partial charge in [-0.05, 0) is 67.6 Å². The van der Waals surface area contributed by atoms with Crippen molar-refractivity contribution in [3.8, 4) is 50.3 Å². The monoisotopic (exact) mass is 588 g/mol. The highest BCUT2D eigenvalue weighted by molar-refractivity contribution is 6.26. The Bertz CT molecular complexity index is 2520. The number of hydrogen-bond donors (Lipinski definition) is 1. The van der Waals surface area contributed by atoms with Gasteiger partial charge in [0.15, 0.2) is 0 Å². The lowest BCUT2D eigenvalue weighted by Crippen LogP contribution is -1.93. The van der Waals surface area contributed by atoms with Crippen LogP contribution in [-0.4, -0.2) is 5.11 Å². The zero-order chi connectivity index (χ0) is 30.6. The third kappa shape index (κ3) is 4.04. The molecule has 0 bridgehead atoms. The number of rotatable bonds is 4. The normalized spacial score (nSPS) is 11.6. The van der Waals surface area contributed by atoms with Crippen molar-refractivity contribution in [1.82, 2.24) is 0 Å². The summed E-state index contributed by atoms with van der Waals surface area (Å²) < 4.78 is 6.53. The number of para-hydroxylation sites is 2. The lowest BCUT2D eigenvalue weighted by Gasteiger charge is -2.20. The fourth-order valence-corrected chi connectivity index (χ4v) is 7.15. The van der Waals surface area contributed by atoms with Crippen LogP contribution in [0, 0.1) is 0 Å². The number of fused-ring (bicyclic) bond motifs is 5. The van der Waals surface area contributed by atoms with Crippen LogP contribution in [0.15, 0.2) is 168 Å². The molecule has 0 aliphatic rings. The Kier molecular flexibility index (Phi) is 6.00. The first-order valence-electron chi connectivity index (χ1n) is 15.6. The molecule has 0 amide bonds. The average molecular weight is 589 g/mol. The molecule has 0 saturated heterocycles. The molecule has 2 nitrogen and oxygen atoms in total. The topological polar surface area (TPSA) is 33.4 Å². The van der Waals surface area contributed by atoms with Gasteiger partial charge in [-0.15, -0.1) is 0 Å². The van der Waals surface area contributed by atoms with Crippen molar-refractivity contribution >= 4 is 43.5 Å². The molecule has 0 radical (unpaired) electrons. The maximum atomic E-state index is 11.9. The summed E-state index contributed by atoms with van der Waals surface area (Å²) in [5.41, 5.74) is 9.91. The van der Waals surface area contributed by atoms with E-state index in [1.807, 2.05) is 66.7 Å².